The minimum Gasteiger partial charge on any atom is -0.448 e. The van der Waals surface area contributed by atoms with Gasteiger partial charge in [0.1, 0.15) is 5.69 Å². The highest BCUT2D eigenvalue weighted by atomic mass is 32.2. The molecule has 0 saturated carbocycles. The fourth-order valence-electron chi connectivity index (χ4n) is 2.97. The number of nitro groups is 1. The number of likely N-dealkylation sites (N-methyl/N-ethyl adjacent to an activating group) is 1. The van der Waals surface area contributed by atoms with Gasteiger partial charge in [0.2, 0.25) is 0 Å². The van der Waals surface area contributed by atoms with Crippen LogP contribution in [0.1, 0.15) is 30.8 Å². The fourth-order valence-corrected chi connectivity index (χ4v) is 4.70. The highest BCUT2D eigenvalue weighted by molar-refractivity contribution is 7.91. The molecule has 1 amide bonds. The summed E-state index contributed by atoms with van der Waals surface area (Å²) < 4.78 is 29.7. The smallest absolute Gasteiger partial charge is 0.355 e. The number of carbonyl (C=O) groups excluding carboxylic acids is 2. The lowest BCUT2D eigenvalue weighted by atomic mass is 10.2. The Kier molecular flexibility index (Phi) is 5.69. The highest BCUT2D eigenvalue weighted by Crippen LogP contribution is 2.20. The molecule has 0 aliphatic carbocycles. The van der Waals surface area contributed by atoms with Crippen LogP contribution >= 0.6 is 0 Å². The minimum absolute atomic E-state index is 0.0304. The Balaban J connectivity index is 2.08. The topological polar surface area (TPSA) is 129 Å². The van der Waals surface area contributed by atoms with E-state index in [-0.39, 0.29) is 29.4 Å². The molecule has 2 atom stereocenters. The number of sulfone groups is 1. The van der Waals surface area contributed by atoms with Gasteiger partial charge in [0.05, 0.1) is 22.6 Å². The van der Waals surface area contributed by atoms with Crippen LogP contribution in [0.3, 0.4) is 0 Å². The van der Waals surface area contributed by atoms with Crippen molar-refractivity contribution in [1.29, 1.82) is 0 Å². The minimum atomic E-state index is -3.16. The first-order valence-electron chi connectivity index (χ1n) is 8.08. The van der Waals surface area contributed by atoms with Crippen molar-refractivity contribution in [2.24, 2.45) is 7.05 Å². The van der Waals surface area contributed by atoms with E-state index in [2.05, 4.69) is 0 Å². The monoisotopic (exact) mass is 387 g/mol. The van der Waals surface area contributed by atoms with Crippen molar-refractivity contribution in [3.63, 3.8) is 0 Å². The van der Waals surface area contributed by atoms with Gasteiger partial charge < -0.3 is 14.2 Å². The molecule has 2 rings (SSSR count). The first-order chi connectivity index (χ1) is 12.1. The van der Waals surface area contributed by atoms with E-state index < -0.39 is 38.8 Å². The van der Waals surface area contributed by atoms with E-state index in [0.29, 0.717) is 6.42 Å². The molecule has 0 radical (unpaired) electrons. The number of esters is 1. The summed E-state index contributed by atoms with van der Waals surface area (Å²) in [5.74, 6) is -1.43. The molecule has 1 aromatic rings. The van der Waals surface area contributed by atoms with Crippen LogP contribution in [-0.2, 0) is 26.4 Å². The van der Waals surface area contributed by atoms with Gasteiger partial charge in [-0.05, 0) is 20.3 Å². The summed E-state index contributed by atoms with van der Waals surface area (Å²) in [6.07, 6.45) is 0.386. The number of aromatic nitrogens is 1. The maximum absolute atomic E-state index is 12.6. The molecule has 1 aliphatic heterocycles. The lowest BCUT2D eigenvalue weighted by Gasteiger charge is -2.29. The standard InChI is InChI=1S/C15H21N3O7S/c1-4-17(11-5-6-26(23,24)9-11)14(19)10(2)25-15(20)13-7-12(18(21)22)8-16(13)3/h7-8,10-11H,4-6,9H2,1-3H3. The summed E-state index contributed by atoms with van der Waals surface area (Å²) in [7, 11) is -1.70. The molecule has 11 heteroatoms. The summed E-state index contributed by atoms with van der Waals surface area (Å²) in [5.41, 5.74) is -0.312. The molecule has 26 heavy (non-hydrogen) atoms. The van der Waals surface area contributed by atoms with E-state index in [9.17, 15) is 28.1 Å². The summed E-state index contributed by atoms with van der Waals surface area (Å²) in [5, 5.41) is 10.8. The van der Waals surface area contributed by atoms with E-state index in [4.69, 9.17) is 4.74 Å². The molecule has 0 bridgehead atoms. The average molecular weight is 387 g/mol. The SMILES string of the molecule is CCN(C(=O)C(C)OC(=O)c1cc([N+](=O)[O-])cn1C)C1CCS(=O)(=O)C1. The van der Waals surface area contributed by atoms with Crippen LogP contribution in [0.5, 0.6) is 0 Å². The molecule has 2 heterocycles. The van der Waals surface area contributed by atoms with Crippen LogP contribution in [0.4, 0.5) is 5.69 Å². The lowest BCUT2D eigenvalue weighted by molar-refractivity contribution is -0.384. The largest absolute Gasteiger partial charge is 0.448 e. The first kappa shape index (κ1) is 19.9. The molecule has 1 saturated heterocycles. The van der Waals surface area contributed by atoms with E-state index in [1.165, 1.54) is 29.6 Å². The predicted molar refractivity (Wildman–Crippen MR) is 91.4 cm³/mol. The van der Waals surface area contributed by atoms with Gasteiger partial charge in [0.25, 0.3) is 11.6 Å². The molecule has 2 unspecified atom stereocenters. The third-order valence-electron chi connectivity index (χ3n) is 4.31. The highest BCUT2D eigenvalue weighted by Gasteiger charge is 2.36. The second-order valence-corrected chi connectivity index (χ2v) is 8.41. The molecule has 0 N–H and O–H groups in total. The Bertz CT molecular complexity index is 830. The molecular formula is C15H21N3O7S. The van der Waals surface area contributed by atoms with Gasteiger partial charge in [-0.1, -0.05) is 0 Å². The predicted octanol–water partition coefficient (Wildman–Crippen LogP) is 0.514. The lowest BCUT2D eigenvalue weighted by Crippen LogP contribution is -2.46. The molecule has 0 aromatic carbocycles. The van der Waals surface area contributed by atoms with Gasteiger partial charge in [-0.3, -0.25) is 14.9 Å². The van der Waals surface area contributed by atoms with Crippen molar-refractivity contribution >= 4 is 27.4 Å². The van der Waals surface area contributed by atoms with Gasteiger partial charge in [0.15, 0.2) is 15.9 Å². The van der Waals surface area contributed by atoms with E-state index in [1.807, 2.05) is 0 Å². The van der Waals surface area contributed by atoms with Crippen LogP contribution in [0.15, 0.2) is 12.3 Å². The van der Waals surface area contributed by atoms with Crippen molar-refractivity contribution < 1.29 is 27.7 Å². The summed E-state index contributed by atoms with van der Waals surface area (Å²) in [6.45, 7) is 3.40. The number of aryl methyl sites for hydroxylation is 1. The van der Waals surface area contributed by atoms with Crippen molar-refractivity contribution in [3.8, 4) is 0 Å². The van der Waals surface area contributed by atoms with Crippen LogP contribution in [0.2, 0.25) is 0 Å². The normalized spacial score (nSPS) is 19.7. The van der Waals surface area contributed by atoms with Crippen LogP contribution < -0.4 is 0 Å². The molecule has 1 fully saturated rings. The molecule has 144 valence electrons. The van der Waals surface area contributed by atoms with Crippen molar-refractivity contribution in [1.82, 2.24) is 9.47 Å². The maximum atomic E-state index is 12.6. The summed E-state index contributed by atoms with van der Waals surface area (Å²) >= 11 is 0. The Hall–Kier alpha value is -2.43. The van der Waals surface area contributed by atoms with Crippen molar-refractivity contribution in [3.05, 3.63) is 28.1 Å². The summed E-state index contributed by atoms with van der Waals surface area (Å²) in [6, 6.07) is 0.635. The van der Waals surface area contributed by atoms with Gasteiger partial charge >= 0.3 is 5.97 Å². The van der Waals surface area contributed by atoms with Crippen molar-refractivity contribution in [2.75, 3.05) is 18.1 Å². The molecule has 1 aliphatic rings. The number of amides is 1. The Morgan fingerprint density at radius 3 is 2.62 bits per heavy atom. The van der Waals surface area contributed by atoms with Crippen LogP contribution in [0.25, 0.3) is 0 Å². The van der Waals surface area contributed by atoms with Crippen LogP contribution in [0, 0.1) is 10.1 Å². The van der Waals surface area contributed by atoms with Crippen molar-refractivity contribution in [2.45, 2.75) is 32.4 Å². The van der Waals surface area contributed by atoms with E-state index in [1.54, 1.807) is 6.92 Å². The molecule has 1 aromatic heterocycles. The number of hydrogen-bond donors (Lipinski definition) is 0. The van der Waals surface area contributed by atoms with Gasteiger partial charge in [-0.2, -0.15) is 0 Å². The zero-order valence-electron chi connectivity index (χ0n) is 14.7. The fraction of sp³-hybridized carbons (Fsp3) is 0.600. The molecule has 10 nitrogen and oxygen atoms in total. The zero-order chi connectivity index (χ0) is 19.6. The van der Waals surface area contributed by atoms with Gasteiger partial charge in [0, 0.05) is 25.7 Å². The number of carbonyl (C=O) groups is 2. The number of ether oxygens (including phenoxy) is 1. The van der Waals surface area contributed by atoms with Crippen LogP contribution in [-0.4, -0.2) is 64.9 Å². The molecular weight excluding hydrogens is 366 g/mol. The Morgan fingerprint density at radius 2 is 2.15 bits per heavy atom. The maximum Gasteiger partial charge on any atom is 0.355 e. The first-order valence-corrected chi connectivity index (χ1v) is 9.90. The summed E-state index contributed by atoms with van der Waals surface area (Å²) in [4.78, 5) is 36.3. The average Bonchev–Trinajstić information content (AvgIpc) is 3.10. The number of nitrogens with zero attached hydrogens (tertiary/aromatic N) is 3. The van der Waals surface area contributed by atoms with Gasteiger partial charge in [-0.25, -0.2) is 13.2 Å². The quantitative estimate of drug-likeness (QED) is 0.395. The number of rotatable bonds is 6. The second kappa shape index (κ2) is 7.44. The third kappa shape index (κ3) is 4.21. The third-order valence-corrected chi connectivity index (χ3v) is 6.07. The zero-order valence-corrected chi connectivity index (χ0v) is 15.6. The molecule has 0 spiro atoms. The number of hydrogen-bond acceptors (Lipinski definition) is 7. The Labute approximate surface area is 150 Å². The van der Waals surface area contributed by atoms with E-state index in [0.717, 1.165) is 6.07 Å². The van der Waals surface area contributed by atoms with Gasteiger partial charge in [-0.15, -0.1) is 0 Å². The second-order valence-electron chi connectivity index (χ2n) is 6.18. The Morgan fingerprint density at radius 1 is 1.50 bits per heavy atom. The van der Waals surface area contributed by atoms with E-state index >= 15 is 0 Å².